The molecule has 0 amide bonds. The van der Waals surface area contributed by atoms with Crippen molar-refractivity contribution in [1.82, 2.24) is 0 Å². The van der Waals surface area contributed by atoms with Crippen molar-refractivity contribution in [1.29, 1.82) is 0 Å². The summed E-state index contributed by atoms with van der Waals surface area (Å²) in [6, 6.07) is -0.0866. The van der Waals surface area contributed by atoms with E-state index in [1.54, 1.807) is 0 Å². The van der Waals surface area contributed by atoms with Crippen molar-refractivity contribution in [3.63, 3.8) is 0 Å². The van der Waals surface area contributed by atoms with Crippen molar-refractivity contribution in [2.75, 3.05) is 20.6 Å². The van der Waals surface area contributed by atoms with Gasteiger partial charge in [0.05, 0.1) is 26.4 Å². The highest BCUT2D eigenvalue weighted by Gasteiger charge is 2.59. The summed E-state index contributed by atoms with van der Waals surface area (Å²) < 4.78 is 0.709. The van der Waals surface area contributed by atoms with Gasteiger partial charge in [0.2, 0.25) is 0 Å². The van der Waals surface area contributed by atoms with Gasteiger partial charge in [-0.2, -0.15) is 0 Å². The number of quaternary nitrogens is 1. The highest BCUT2D eigenvalue weighted by Crippen LogP contribution is 2.66. The van der Waals surface area contributed by atoms with E-state index in [-0.39, 0.29) is 22.8 Å². The fraction of sp³-hybridized carbons (Fsp3) is 0.821. The van der Waals surface area contributed by atoms with Crippen LogP contribution < -0.4 is 0 Å². The molecule has 0 N–H and O–H groups in total. The minimum atomic E-state index is -0.161. The Morgan fingerprint density at radius 1 is 1.06 bits per heavy atom. The molecule has 1 unspecified atom stereocenters. The zero-order chi connectivity index (χ0) is 23.6. The van der Waals surface area contributed by atoms with Gasteiger partial charge in [0.15, 0.2) is 11.8 Å². The predicted molar refractivity (Wildman–Crippen MR) is 129 cm³/mol. The lowest BCUT2D eigenvalue weighted by Gasteiger charge is -2.58. The fourth-order valence-electron chi connectivity index (χ4n) is 9.09. The molecule has 5 aliphatic rings. The number of fused-ring (bicyclic) bond motifs is 5. The van der Waals surface area contributed by atoms with E-state index in [0.717, 1.165) is 56.7 Å². The van der Waals surface area contributed by atoms with E-state index >= 15 is 0 Å². The minimum Gasteiger partial charge on any atom is -0.317 e. The van der Waals surface area contributed by atoms with Crippen LogP contribution in [-0.4, -0.2) is 48.6 Å². The lowest BCUT2D eigenvalue weighted by atomic mass is 9.46. The van der Waals surface area contributed by atoms with Crippen molar-refractivity contribution in [3.8, 4) is 0 Å². The first-order valence-electron chi connectivity index (χ1n) is 13.4. The van der Waals surface area contributed by atoms with Crippen molar-refractivity contribution < 1.29 is 18.9 Å². The smallest absolute Gasteiger partial charge is 0.317 e. The third-order valence-corrected chi connectivity index (χ3v) is 11.1. The van der Waals surface area contributed by atoms with Crippen molar-refractivity contribution in [3.05, 3.63) is 11.6 Å². The Bertz CT molecular complexity index is 905. The van der Waals surface area contributed by atoms with E-state index in [4.69, 9.17) is 4.84 Å². The summed E-state index contributed by atoms with van der Waals surface area (Å²) in [5, 5.41) is 4.45. The molecule has 5 rings (SSSR count). The molecule has 0 radical (unpaired) electrons. The SMILES string of the molecule is C/C(=N\OC(=O)C1CCC[N+]1(C)C)[C@H]1CC[C@H]2[C@@H]3CCC4=CC(=O)CC[C@]4(C)[C@H]3CC[C@]12C. The Labute approximate surface area is 199 Å². The maximum absolute atomic E-state index is 12.7. The summed E-state index contributed by atoms with van der Waals surface area (Å²) in [5.41, 5.74) is 2.92. The number of allylic oxidation sites excluding steroid dienone is 1. The summed E-state index contributed by atoms with van der Waals surface area (Å²) in [6.45, 7) is 8.05. The van der Waals surface area contributed by atoms with Gasteiger partial charge in [-0.1, -0.05) is 24.6 Å². The summed E-state index contributed by atoms with van der Waals surface area (Å²) in [7, 11) is 4.23. The van der Waals surface area contributed by atoms with E-state index in [1.807, 2.05) is 6.08 Å². The van der Waals surface area contributed by atoms with Crippen LogP contribution in [0.2, 0.25) is 0 Å². The molecular weight excluding hydrogens is 412 g/mol. The third kappa shape index (κ3) is 3.64. The van der Waals surface area contributed by atoms with Crippen LogP contribution in [0.3, 0.4) is 0 Å². The van der Waals surface area contributed by atoms with Crippen LogP contribution in [0.15, 0.2) is 16.8 Å². The molecule has 5 nitrogen and oxygen atoms in total. The van der Waals surface area contributed by atoms with Crippen LogP contribution in [0.1, 0.15) is 85.0 Å². The number of hydrogen-bond donors (Lipinski definition) is 0. The maximum atomic E-state index is 12.7. The summed E-state index contributed by atoms with van der Waals surface area (Å²) in [6.07, 6.45) is 12.9. The molecule has 0 bridgehead atoms. The number of ketones is 1. The largest absolute Gasteiger partial charge is 0.391 e. The quantitative estimate of drug-likeness (QED) is 0.251. The minimum absolute atomic E-state index is 0.0866. The number of likely N-dealkylation sites (N-methyl/N-ethyl adjacent to an activating group) is 1. The molecule has 3 saturated carbocycles. The highest BCUT2D eigenvalue weighted by atomic mass is 16.7. The first-order valence-corrected chi connectivity index (χ1v) is 13.4. The third-order valence-electron chi connectivity index (χ3n) is 11.1. The Morgan fingerprint density at radius 2 is 1.85 bits per heavy atom. The van der Waals surface area contributed by atoms with E-state index in [0.29, 0.717) is 28.0 Å². The zero-order valence-electron chi connectivity index (χ0n) is 21.4. The first-order chi connectivity index (χ1) is 15.6. The van der Waals surface area contributed by atoms with Crippen LogP contribution in [0, 0.1) is 34.5 Å². The Hall–Kier alpha value is -1.49. The van der Waals surface area contributed by atoms with Crippen molar-refractivity contribution in [2.45, 2.75) is 91.0 Å². The second kappa shape index (κ2) is 8.03. The molecule has 5 heteroatoms. The number of hydrogen-bond acceptors (Lipinski definition) is 4. The Kier molecular flexibility index (Phi) is 5.66. The molecule has 1 saturated heterocycles. The molecule has 1 heterocycles. The number of carbonyl (C=O) groups excluding carboxylic acids is 2. The summed E-state index contributed by atoms with van der Waals surface area (Å²) in [5.74, 6) is 2.75. The van der Waals surface area contributed by atoms with Gasteiger partial charge in [-0.05, 0) is 86.5 Å². The van der Waals surface area contributed by atoms with E-state index in [2.05, 4.69) is 40.0 Å². The number of rotatable bonds is 3. The normalized spacial score (nSPS) is 44.5. The fourth-order valence-corrected chi connectivity index (χ4v) is 9.09. The Morgan fingerprint density at radius 3 is 2.58 bits per heavy atom. The van der Waals surface area contributed by atoms with Gasteiger partial charge in [-0.25, -0.2) is 4.79 Å². The maximum Gasteiger partial charge on any atom is 0.391 e. The van der Waals surface area contributed by atoms with Gasteiger partial charge in [0, 0.05) is 25.2 Å². The summed E-state index contributed by atoms with van der Waals surface area (Å²) >= 11 is 0. The van der Waals surface area contributed by atoms with Gasteiger partial charge < -0.3 is 9.32 Å². The van der Waals surface area contributed by atoms with Crippen molar-refractivity contribution in [2.24, 2.45) is 39.7 Å². The second-order valence-electron chi connectivity index (χ2n) is 12.9. The molecule has 0 aromatic rings. The van der Waals surface area contributed by atoms with Crippen molar-refractivity contribution >= 4 is 17.5 Å². The monoisotopic (exact) mass is 455 g/mol. The van der Waals surface area contributed by atoms with E-state index < -0.39 is 0 Å². The zero-order valence-corrected chi connectivity index (χ0v) is 21.4. The number of oxime groups is 1. The average Bonchev–Trinajstić information content (AvgIpc) is 3.30. The highest BCUT2D eigenvalue weighted by molar-refractivity contribution is 5.91. The molecule has 0 aromatic heterocycles. The second-order valence-corrected chi connectivity index (χ2v) is 12.9. The molecule has 0 spiro atoms. The molecule has 33 heavy (non-hydrogen) atoms. The van der Waals surface area contributed by atoms with Gasteiger partial charge in [-0.15, -0.1) is 0 Å². The molecule has 7 atom stereocenters. The predicted octanol–water partition coefficient (Wildman–Crippen LogP) is 5.29. The number of carbonyl (C=O) groups is 2. The van der Waals surface area contributed by atoms with Gasteiger partial charge in [-0.3, -0.25) is 4.79 Å². The summed E-state index contributed by atoms with van der Waals surface area (Å²) in [4.78, 5) is 30.4. The standard InChI is InChI=1S/C28H43N2O3/c1-18(29-33-26(32)25-7-6-16-30(25,4)5)22-10-11-23-21-9-8-19-17-20(31)12-14-27(19,2)24(21)13-15-28(22,23)3/h17,21-25H,6-16H2,1-5H3/q+1/b29-18+/t21-,22+,23-,24-,25?,27-,28+/m0/s1. The lowest BCUT2D eigenvalue weighted by molar-refractivity contribution is -0.893. The topological polar surface area (TPSA) is 55.7 Å². The molecule has 4 aliphatic carbocycles. The van der Waals surface area contributed by atoms with Gasteiger partial charge in [0.25, 0.3) is 0 Å². The molecular formula is C28H43N2O3+. The lowest BCUT2D eigenvalue weighted by Crippen LogP contribution is -2.51. The van der Waals surface area contributed by atoms with Crippen LogP contribution in [0.25, 0.3) is 0 Å². The van der Waals surface area contributed by atoms with E-state index in [1.165, 1.54) is 31.3 Å². The van der Waals surface area contributed by atoms with E-state index in [9.17, 15) is 9.59 Å². The van der Waals surface area contributed by atoms with Crippen LogP contribution >= 0.6 is 0 Å². The van der Waals surface area contributed by atoms with Gasteiger partial charge >= 0.3 is 5.97 Å². The molecule has 182 valence electrons. The van der Waals surface area contributed by atoms with Crippen LogP contribution in [0.4, 0.5) is 0 Å². The molecule has 4 fully saturated rings. The first kappa shape index (κ1) is 23.3. The number of likely N-dealkylation sites (tertiary alicyclic amines) is 1. The Balaban J connectivity index is 1.31. The van der Waals surface area contributed by atoms with Crippen LogP contribution in [-0.2, 0) is 14.4 Å². The number of nitrogens with zero attached hydrogens (tertiary/aromatic N) is 2. The van der Waals surface area contributed by atoms with Crippen LogP contribution in [0.5, 0.6) is 0 Å². The molecule has 1 aliphatic heterocycles. The molecule has 0 aromatic carbocycles. The van der Waals surface area contributed by atoms with Gasteiger partial charge in [0.1, 0.15) is 0 Å². The average molecular weight is 456 g/mol.